The van der Waals surface area contributed by atoms with Crippen molar-refractivity contribution in [3.63, 3.8) is 0 Å². The van der Waals surface area contributed by atoms with E-state index in [-0.39, 0.29) is 6.42 Å². The summed E-state index contributed by atoms with van der Waals surface area (Å²) in [6, 6.07) is 3.51. The van der Waals surface area contributed by atoms with Crippen molar-refractivity contribution in [1.82, 2.24) is 15.4 Å². The van der Waals surface area contributed by atoms with E-state index in [0.29, 0.717) is 24.3 Å². The minimum atomic E-state index is -4.64. The van der Waals surface area contributed by atoms with Crippen LogP contribution in [0, 0.1) is 0 Å². The fraction of sp³-hybridized carbons (Fsp3) is 0.400. The van der Waals surface area contributed by atoms with E-state index < -0.39 is 19.0 Å². The van der Waals surface area contributed by atoms with E-state index in [1.54, 1.807) is 11.3 Å². The largest absolute Gasteiger partial charge is 0.522 e. The number of ether oxygens (including phenoxy) is 1. The molecule has 6 nitrogen and oxygen atoms in total. The lowest BCUT2D eigenvalue weighted by molar-refractivity contribution is -0.324. The van der Waals surface area contributed by atoms with Gasteiger partial charge in [-0.2, -0.15) is 0 Å². The van der Waals surface area contributed by atoms with Gasteiger partial charge in [-0.25, -0.2) is 0 Å². The number of aromatic nitrogens is 3. The molecule has 0 saturated heterocycles. The average Bonchev–Trinajstić information content (AvgIpc) is 3.21. The van der Waals surface area contributed by atoms with Crippen LogP contribution >= 0.6 is 38.6 Å². The fourth-order valence-corrected chi connectivity index (χ4v) is 4.99. The van der Waals surface area contributed by atoms with Crippen LogP contribution < -0.4 is 11.1 Å². The summed E-state index contributed by atoms with van der Waals surface area (Å²) in [5.41, 5.74) is 6.61. The molecule has 0 spiro atoms. The zero-order valence-electron chi connectivity index (χ0n) is 13.8. The molecule has 0 saturated carbocycles. The maximum absolute atomic E-state index is 12.1. The van der Waals surface area contributed by atoms with Gasteiger partial charge in [-0.3, -0.25) is 4.74 Å². The SMILES string of the molecule is N[C@@H](CCOC(F)(F)F)Cc1sc2c(NCc3cccs3)nnnc2c1Br. The molecule has 0 aliphatic heterocycles. The summed E-state index contributed by atoms with van der Waals surface area (Å²) >= 11 is 6.57. The number of anilines is 1. The Morgan fingerprint density at radius 3 is 2.85 bits per heavy atom. The van der Waals surface area contributed by atoms with Gasteiger partial charge < -0.3 is 11.1 Å². The van der Waals surface area contributed by atoms with Gasteiger partial charge >= 0.3 is 6.36 Å². The summed E-state index contributed by atoms with van der Waals surface area (Å²) < 4.78 is 41.5. The molecule has 3 aromatic rings. The summed E-state index contributed by atoms with van der Waals surface area (Å²) in [5, 5.41) is 17.1. The van der Waals surface area contributed by atoms with E-state index in [2.05, 4.69) is 41.4 Å². The van der Waals surface area contributed by atoms with Gasteiger partial charge in [-0.1, -0.05) is 6.07 Å². The first kappa shape index (κ1) is 20.4. The monoisotopic (exact) mass is 481 g/mol. The number of nitrogens with zero attached hydrogens (tertiary/aromatic N) is 3. The standard InChI is InChI=1S/C15H15BrF3N5OS2/c16-11-10(6-8(20)3-4-25-15(17,18)19)27-13-12(11)22-24-23-14(13)21-7-9-2-1-5-26-9/h1-2,5,8H,3-4,6-7,20H2,(H,21,22,23)/t8-/m0/s1. The van der Waals surface area contributed by atoms with Crippen molar-refractivity contribution >= 4 is 54.6 Å². The summed E-state index contributed by atoms with van der Waals surface area (Å²) in [7, 11) is 0. The lowest BCUT2D eigenvalue weighted by atomic mass is 10.1. The molecule has 146 valence electrons. The molecule has 0 bridgehead atoms. The topological polar surface area (TPSA) is 86.0 Å². The van der Waals surface area contributed by atoms with Crippen LogP contribution in [0.2, 0.25) is 0 Å². The number of nitrogens with one attached hydrogen (secondary N) is 1. The molecule has 0 aromatic carbocycles. The van der Waals surface area contributed by atoms with Gasteiger partial charge in [-0.15, -0.1) is 46.0 Å². The average molecular weight is 482 g/mol. The van der Waals surface area contributed by atoms with Gasteiger partial charge in [0.2, 0.25) is 0 Å². The highest BCUT2D eigenvalue weighted by atomic mass is 79.9. The van der Waals surface area contributed by atoms with Crippen molar-refractivity contribution in [1.29, 1.82) is 0 Å². The van der Waals surface area contributed by atoms with Gasteiger partial charge in [0.25, 0.3) is 0 Å². The first-order chi connectivity index (χ1) is 12.8. The van der Waals surface area contributed by atoms with Gasteiger partial charge in [-0.05, 0) is 45.4 Å². The predicted molar refractivity (Wildman–Crippen MR) is 103 cm³/mol. The third kappa shape index (κ3) is 5.57. The van der Waals surface area contributed by atoms with Gasteiger partial charge in [0.1, 0.15) is 10.2 Å². The summed E-state index contributed by atoms with van der Waals surface area (Å²) in [5.74, 6) is 0.610. The van der Waals surface area contributed by atoms with Crippen LogP contribution in [0.1, 0.15) is 16.2 Å². The maximum atomic E-state index is 12.1. The number of rotatable bonds is 8. The third-order valence-electron chi connectivity index (χ3n) is 3.61. The first-order valence-electron chi connectivity index (χ1n) is 7.86. The Hall–Kier alpha value is -1.34. The molecule has 12 heteroatoms. The Bertz CT molecular complexity index is 888. The molecule has 0 fully saturated rings. The van der Waals surface area contributed by atoms with Crippen LogP contribution in [0.3, 0.4) is 0 Å². The molecule has 3 N–H and O–H groups in total. The minimum Gasteiger partial charge on any atom is -0.362 e. The van der Waals surface area contributed by atoms with Gasteiger partial charge in [0.05, 0.1) is 17.6 Å². The number of hydrogen-bond acceptors (Lipinski definition) is 8. The molecule has 3 rings (SSSR count). The third-order valence-corrected chi connectivity index (χ3v) is 6.81. The summed E-state index contributed by atoms with van der Waals surface area (Å²) in [6.45, 7) is 0.146. The Kier molecular flexibility index (Phi) is 6.63. The van der Waals surface area contributed by atoms with Crippen LogP contribution in [-0.4, -0.2) is 34.4 Å². The van der Waals surface area contributed by atoms with Gasteiger partial charge in [0, 0.05) is 15.8 Å². The van der Waals surface area contributed by atoms with E-state index in [4.69, 9.17) is 5.73 Å². The molecule has 0 unspecified atom stereocenters. The second-order valence-corrected chi connectivity index (χ2v) is 8.57. The molecule has 3 heterocycles. The Labute approximate surface area is 169 Å². The van der Waals surface area contributed by atoms with Crippen molar-refractivity contribution in [3.05, 3.63) is 31.7 Å². The molecule has 1 atom stereocenters. The smallest absolute Gasteiger partial charge is 0.362 e. The van der Waals surface area contributed by atoms with Crippen molar-refractivity contribution in [2.24, 2.45) is 5.73 Å². The highest BCUT2D eigenvalue weighted by Crippen LogP contribution is 2.38. The van der Waals surface area contributed by atoms with Crippen molar-refractivity contribution in [2.45, 2.75) is 31.8 Å². The predicted octanol–water partition coefficient (Wildman–Crippen LogP) is 4.32. The Morgan fingerprint density at radius 2 is 2.15 bits per heavy atom. The first-order valence-corrected chi connectivity index (χ1v) is 10.3. The lowest BCUT2D eigenvalue weighted by Gasteiger charge is -2.12. The van der Waals surface area contributed by atoms with Crippen molar-refractivity contribution in [2.75, 3.05) is 11.9 Å². The second kappa shape index (κ2) is 8.78. The molecule has 0 radical (unpaired) electrons. The molecule has 27 heavy (non-hydrogen) atoms. The molecule has 0 amide bonds. The highest BCUT2D eigenvalue weighted by molar-refractivity contribution is 9.10. The fourth-order valence-electron chi connectivity index (χ4n) is 2.35. The Balaban J connectivity index is 1.69. The maximum Gasteiger partial charge on any atom is 0.522 e. The Morgan fingerprint density at radius 1 is 1.33 bits per heavy atom. The summed E-state index contributed by atoms with van der Waals surface area (Å²) in [6.07, 6.45) is -4.15. The zero-order chi connectivity index (χ0) is 19.4. The number of nitrogens with two attached hydrogens (primary N) is 1. The summed E-state index contributed by atoms with van der Waals surface area (Å²) in [4.78, 5) is 2.04. The van der Waals surface area contributed by atoms with Crippen molar-refractivity contribution < 1.29 is 17.9 Å². The lowest BCUT2D eigenvalue weighted by Crippen LogP contribution is -2.26. The van der Waals surface area contributed by atoms with E-state index >= 15 is 0 Å². The molecular weight excluding hydrogens is 467 g/mol. The van der Waals surface area contributed by atoms with E-state index in [9.17, 15) is 13.2 Å². The van der Waals surface area contributed by atoms with E-state index in [0.717, 1.165) is 18.9 Å². The van der Waals surface area contributed by atoms with Crippen LogP contribution in [0.5, 0.6) is 0 Å². The number of thiophene rings is 2. The van der Waals surface area contributed by atoms with Crippen LogP contribution in [0.25, 0.3) is 10.2 Å². The number of hydrogen-bond donors (Lipinski definition) is 2. The van der Waals surface area contributed by atoms with E-state index in [1.807, 2.05) is 17.5 Å². The second-order valence-electron chi connectivity index (χ2n) is 5.63. The van der Waals surface area contributed by atoms with E-state index in [1.165, 1.54) is 11.3 Å². The van der Waals surface area contributed by atoms with Crippen LogP contribution in [-0.2, 0) is 17.7 Å². The minimum absolute atomic E-state index is 0.0909. The molecular formula is C15H15BrF3N5OS2. The quantitative estimate of drug-likeness (QED) is 0.498. The number of fused-ring (bicyclic) bond motifs is 1. The molecule has 0 aliphatic rings. The van der Waals surface area contributed by atoms with Crippen molar-refractivity contribution in [3.8, 4) is 0 Å². The molecule has 0 aliphatic carbocycles. The van der Waals surface area contributed by atoms with Crippen LogP contribution in [0.4, 0.5) is 19.0 Å². The zero-order valence-corrected chi connectivity index (χ0v) is 17.0. The van der Waals surface area contributed by atoms with Crippen LogP contribution in [0.15, 0.2) is 22.0 Å². The van der Waals surface area contributed by atoms with Gasteiger partial charge in [0.15, 0.2) is 5.82 Å². The molecule has 3 aromatic heterocycles. The normalized spacial score (nSPS) is 13.2. The number of alkyl halides is 3. The highest BCUT2D eigenvalue weighted by Gasteiger charge is 2.29. The number of halogens is 4.